The van der Waals surface area contributed by atoms with E-state index < -0.39 is 0 Å². The van der Waals surface area contributed by atoms with Gasteiger partial charge in [0.2, 0.25) is 0 Å². The molecule has 7 heteroatoms. The van der Waals surface area contributed by atoms with Gasteiger partial charge < -0.3 is 20.4 Å². The van der Waals surface area contributed by atoms with Crippen molar-refractivity contribution in [1.29, 1.82) is 0 Å². The number of piperazine rings is 1. The van der Waals surface area contributed by atoms with Crippen molar-refractivity contribution in [2.24, 2.45) is 10.9 Å². The van der Waals surface area contributed by atoms with Crippen molar-refractivity contribution in [2.45, 2.75) is 32.9 Å². The number of likely N-dealkylation sites (N-methyl/N-ethyl adjacent to an activating group) is 1. The Hall–Kier alpha value is -1.09. The summed E-state index contributed by atoms with van der Waals surface area (Å²) < 4.78 is 0. The predicted molar refractivity (Wildman–Crippen MR) is 115 cm³/mol. The van der Waals surface area contributed by atoms with E-state index in [1.165, 1.54) is 12.0 Å². The van der Waals surface area contributed by atoms with Crippen LogP contribution in [-0.4, -0.2) is 61.7 Å². The number of hydrogen-bond donors (Lipinski definition) is 2. The lowest BCUT2D eigenvalue weighted by Gasteiger charge is -2.33. The van der Waals surface area contributed by atoms with E-state index in [9.17, 15) is 0 Å². The number of nitrogens with zero attached hydrogens (tertiary/aromatic N) is 4. The van der Waals surface area contributed by atoms with Gasteiger partial charge in [-0.3, -0.25) is 0 Å². The summed E-state index contributed by atoms with van der Waals surface area (Å²) in [4.78, 5) is 14.0. The van der Waals surface area contributed by atoms with Gasteiger partial charge in [0, 0.05) is 45.0 Å². The zero-order chi connectivity index (χ0) is 16.9. The summed E-state index contributed by atoms with van der Waals surface area (Å²) in [7, 11) is 2.17. The summed E-state index contributed by atoms with van der Waals surface area (Å²) >= 11 is 0. The molecule has 2 N–H and O–H groups in total. The quantitative estimate of drug-likeness (QED) is 0.401. The normalized spacial score (nSPS) is 23.8. The third-order valence-corrected chi connectivity index (χ3v) is 4.83. The maximum Gasteiger partial charge on any atom is 0.191 e. The maximum absolute atomic E-state index is 4.74. The van der Waals surface area contributed by atoms with Crippen LogP contribution in [0.25, 0.3) is 0 Å². The second-order valence-corrected chi connectivity index (χ2v) is 6.97. The van der Waals surface area contributed by atoms with Crippen LogP contribution in [0, 0.1) is 5.92 Å². The monoisotopic (exact) mass is 458 g/mol. The molecule has 2 heterocycles. The first kappa shape index (κ1) is 20.2. The van der Waals surface area contributed by atoms with E-state index in [1.807, 2.05) is 6.20 Å². The fourth-order valence-electron chi connectivity index (χ4n) is 2.96. The number of anilines is 1. The number of rotatable bonds is 5. The van der Waals surface area contributed by atoms with Gasteiger partial charge in [-0.05, 0) is 44.0 Å². The Kier molecular flexibility index (Phi) is 7.74. The van der Waals surface area contributed by atoms with Gasteiger partial charge in [0.1, 0.15) is 5.82 Å². The molecule has 6 nitrogen and oxygen atoms in total. The van der Waals surface area contributed by atoms with Crippen LogP contribution in [0.1, 0.15) is 25.8 Å². The summed E-state index contributed by atoms with van der Waals surface area (Å²) in [6.45, 7) is 10.2. The molecule has 1 aromatic rings. The summed E-state index contributed by atoms with van der Waals surface area (Å²) in [5.41, 5.74) is 1.21. The lowest BCUT2D eigenvalue weighted by molar-refractivity contribution is 0.312. The van der Waals surface area contributed by atoms with Gasteiger partial charge in [-0.15, -0.1) is 24.0 Å². The molecule has 1 saturated carbocycles. The zero-order valence-corrected chi connectivity index (χ0v) is 17.9. The molecule has 3 rings (SSSR count). The Morgan fingerprint density at radius 1 is 1.32 bits per heavy atom. The molecular weight excluding hydrogens is 427 g/mol. The van der Waals surface area contributed by atoms with Crippen molar-refractivity contribution >= 4 is 35.8 Å². The molecule has 2 aliphatic rings. The largest absolute Gasteiger partial charge is 0.357 e. The molecule has 0 radical (unpaired) electrons. The molecule has 0 aromatic carbocycles. The molecule has 1 saturated heterocycles. The summed E-state index contributed by atoms with van der Waals surface area (Å²) in [5, 5.41) is 6.84. The number of aromatic nitrogens is 1. The first-order valence-electron chi connectivity index (χ1n) is 9.09. The molecule has 2 unspecified atom stereocenters. The first-order valence-corrected chi connectivity index (χ1v) is 9.09. The van der Waals surface area contributed by atoms with Crippen LogP contribution in [0.2, 0.25) is 0 Å². The van der Waals surface area contributed by atoms with Gasteiger partial charge in [0.25, 0.3) is 0 Å². The van der Waals surface area contributed by atoms with Crippen LogP contribution in [0.15, 0.2) is 23.3 Å². The molecule has 1 aliphatic heterocycles. The molecule has 25 heavy (non-hydrogen) atoms. The SMILES string of the molecule is CCNC(=NCc1ccnc(N2CCN(C)CC2)c1)NC1CC1C.I. The van der Waals surface area contributed by atoms with E-state index in [1.54, 1.807) is 0 Å². The van der Waals surface area contributed by atoms with Crippen LogP contribution in [0.3, 0.4) is 0 Å². The number of halogens is 1. The van der Waals surface area contributed by atoms with Gasteiger partial charge in [-0.1, -0.05) is 6.92 Å². The van der Waals surface area contributed by atoms with Crippen molar-refractivity contribution in [1.82, 2.24) is 20.5 Å². The zero-order valence-electron chi connectivity index (χ0n) is 15.5. The Labute approximate surface area is 168 Å². The lowest BCUT2D eigenvalue weighted by atomic mass is 10.2. The summed E-state index contributed by atoms with van der Waals surface area (Å²) in [5.74, 6) is 2.76. The Balaban J connectivity index is 0.00000225. The minimum Gasteiger partial charge on any atom is -0.357 e. The molecule has 0 spiro atoms. The Morgan fingerprint density at radius 2 is 2.04 bits per heavy atom. The summed E-state index contributed by atoms with van der Waals surface area (Å²) in [6, 6.07) is 4.82. The number of aliphatic imine (C=N–C) groups is 1. The molecule has 1 aliphatic carbocycles. The van der Waals surface area contributed by atoms with Gasteiger partial charge in [0.05, 0.1) is 6.54 Å². The second-order valence-electron chi connectivity index (χ2n) is 6.97. The van der Waals surface area contributed by atoms with Crippen LogP contribution in [0.5, 0.6) is 0 Å². The Morgan fingerprint density at radius 3 is 2.68 bits per heavy atom. The molecular formula is C18H31IN6. The van der Waals surface area contributed by atoms with Gasteiger partial charge in [-0.25, -0.2) is 9.98 Å². The average Bonchev–Trinajstić information content (AvgIpc) is 3.28. The molecule has 1 aromatic heterocycles. The number of pyridine rings is 1. The molecule has 2 atom stereocenters. The van der Waals surface area contributed by atoms with E-state index in [-0.39, 0.29) is 24.0 Å². The maximum atomic E-state index is 4.74. The highest BCUT2D eigenvalue weighted by atomic mass is 127. The lowest BCUT2D eigenvalue weighted by Crippen LogP contribution is -2.44. The van der Waals surface area contributed by atoms with Crippen molar-refractivity contribution in [3.63, 3.8) is 0 Å². The van der Waals surface area contributed by atoms with E-state index in [0.717, 1.165) is 50.4 Å². The molecule has 2 fully saturated rings. The summed E-state index contributed by atoms with van der Waals surface area (Å²) in [6.07, 6.45) is 3.15. The van der Waals surface area contributed by atoms with Gasteiger partial charge >= 0.3 is 0 Å². The van der Waals surface area contributed by atoms with Crippen LogP contribution < -0.4 is 15.5 Å². The standard InChI is InChI=1S/C18H30N6.HI/c1-4-19-18(22-16-11-14(16)2)21-13-15-5-6-20-17(12-15)24-9-7-23(3)8-10-24;/h5-6,12,14,16H,4,7-11,13H2,1-3H3,(H2,19,21,22);1H. The van der Waals surface area contributed by atoms with Crippen LogP contribution >= 0.6 is 24.0 Å². The van der Waals surface area contributed by atoms with Crippen LogP contribution in [-0.2, 0) is 6.54 Å². The Bertz CT molecular complexity index is 570. The van der Waals surface area contributed by atoms with E-state index >= 15 is 0 Å². The predicted octanol–water partition coefficient (Wildman–Crippen LogP) is 1.91. The van der Waals surface area contributed by atoms with E-state index in [4.69, 9.17) is 4.99 Å². The third kappa shape index (κ3) is 5.99. The van der Waals surface area contributed by atoms with Crippen molar-refractivity contribution in [2.75, 3.05) is 44.7 Å². The molecule has 0 bridgehead atoms. The van der Waals surface area contributed by atoms with Crippen molar-refractivity contribution in [3.8, 4) is 0 Å². The van der Waals surface area contributed by atoms with E-state index in [0.29, 0.717) is 12.6 Å². The average molecular weight is 458 g/mol. The number of guanidine groups is 1. The minimum atomic E-state index is 0. The van der Waals surface area contributed by atoms with Crippen molar-refractivity contribution in [3.05, 3.63) is 23.9 Å². The highest BCUT2D eigenvalue weighted by Crippen LogP contribution is 2.28. The van der Waals surface area contributed by atoms with Gasteiger partial charge in [-0.2, -0.15) is 0 Å². The number of hydrogen-bond acceptors (Lipinski definition) is 4. The smallest absolute Gasteiger partial charge is 0.191 e. The topological polar surface area (TPSA) is 55.8 Å². The third-order valence-electron chi connectivity index (χ3n) is 4.83. The first-order chi connectivity index (χ1) is 11.7. The fourth-order valence-corrected chi connectivity index (χ4v) is 2.96. The molecule has 140 valence electrons. The number of nitrogens with one attached hydrogen (secondary N) is 2. The highest BCUT2D eigenvalue weighted by Gasteiger charge is 2.33. The highest BCUT2D eigenvalue weighted by molar-refractivity contribution is 14.0. The fraction of sp³-hybridized carbons (Fsp3) is 0.667. The molecule has 0 amide bonds. The van der Waals surface area contributed by atoms with E-state index in [2.05, 4.69) is 58.4 Å². The minimum absolute atomic E-state index is 0. The van der Waals surface area contributed by atoms with Crippen LogP contribution in [0.4, 0.5) is 5.82 Å². The van der Waals surface area contributed by atoms with Gasteiger partial charge in [0.15, 0.2) is 5.96 Å². The van der Waals surface area contributed by atoms with Crippen molar-refractivity contribution < 1.29 is 0 Å². The second kappa shape index (κ2) is 9.56.